The molecule has 1 aliphatic carbocycles. The number of esters is 2. The van der Waals surface area contributed by atoms with Crippen LogP contribution in [0.15, 0.2) is 42.5 Å². The number of amides is 1. The lowest BCUT2D eigenvalue weighted by Crippen LogP contribution is -2.44. The van der Waals surface area contributed by atoms with Crippen molar-refractivity contribution in [3.05, 3.63) is 59.2 Å². The third-order valence-corrected chi connectivity index (χ3v) is 6.40. The molecular weight excluding hydrogens is 406 g/mol. The van der Waals surface area contributed by atoms with E-state index in [2.05, 4.69) is 5.32 Å². The lowest BCUT2D eigenvalue weighted by molar-refractivity contribution is -0.165. The molecule has 2 aromatic rings. The maximum absolute atomic E-state index is 13.5. The molecular formula is C26H29NO5. The van der Waals surface area contributed by atoms with E-state index in [4.69, 9.17) is 9.47 Å². The van der Waals surface area contributed by atoms with Gasteiger partial charge in [0.25, 0.3) is 0 Å². The van der Waals surface area contributed by atoms with E-state index in [1.165, 1.54) is 0 Å². The van der Waals surface area contributed by atoms with Crippen LogP contribution in [0.4, 0.5) is 5.69 Å². The second-order valence-electron chi connectivity index (χ2n) is 8.72. The summed E-state index contributed by atoms with van der Waals surface area (Å²) in [6.07, 6.45) is 5.56. The first-order valence-electron chi connectivity index (χ1n) is 11.3. The van der Waals surface area contributed by atoms with Crippen LogP contribution >= 0.6 is 0 Å². The molecule has 1 fully saturated rings. The second-order valence-corrected chi connectivity index (χ2v) is 8.72. The van der Waals surface area contributed by atoms with E-state index >= 15 is 0 Å². The Hall–Kier alpha value is -3.15. The number of benzene rings is 2. The number of anilines is 1. The molecule has 2 atom stereocenters. The maximum Gasteiger partial charge on any atom is 0.326 e. The summed E-state index contributed by atoms with van der Waals surface area (Å²) >= 11 is 0. The first-order chi connectivity index (χ1) is 15.5. The summed E-state index contributed by atoms with van der Waals surface area (Å²) in [5.74, 6) is -3.91. The van der Waals surface area contributed by atoms with Gasteiger partial charge in [-0.1, -0.05) is 49.2 Å². The molecule has 1 saturated carbocycles. The van der Waals surface area contributed by atoms with Crippen molar-refractivity contribution in [3.63, 3.8) is 0 Å². The monoisotopic (exact) mass is 435 g/mol. The van der Waals surface area contributed by atoms with Gasteiger partial charge in [0.15, 0.2) is 5.92 Å². The molecule has 0 aromatic heterocycles. The number of carbonyl (C=O) groups is 3. The van der Waals surface area contributed by atoms with Gasteiger partial charge in [-0.15, -0.1) is 0 Å². The van der Waals surface area contributed by atoms with E-state index in [1.54, 1.807) is 24.3 Å². The smallest absolute Gasteiger partial charge is 0.326 e. The van der Waals surface area contributed by atoms with Gasteiger partial charge in [-0.2, -0.15) is 0 Å². The van der Waals surface area contributed by atoms with Crippen LogP contribution in [0.25, 0.3) is 0 Å². The highest BCUT2D eigenvalue weighted by molar-refractivity contribution is 6.08. The number of para-hydroxylation sites is 2. The van der Waals surface area contributed by atoms with Crippen LogP contribution in [0.3, 0.4) is 0 Å². The Bertz CT molecular complexity index is 1000. The molecule has 0 bridgehead atoms. The van der Waals surface area contributed by atoms with E-state index < -0.39 is 29.7 Å². The maximum atomic E-state index is 13.5. The number of hydrogen-bond donors (Lipinski definition) is 1. The van der Waals surface area contributed by atoms with Crippen LogP contribution in [0, 0.1) is 19.8 Å². The summed E-state index contributed by atoms with van der Waals surface area (Å²) < 4.78 is 11.2. The molecule has 1 N–H and O–H groups in total. The largest absolute Gasteiger partial charge is 0.462 e. The molecule has 168 valence electrons. The van der Waals surface area contributed by atoms with Crippen LogP contribution in [0.5, 0.6) is 5.75 Å². The third-order valence-electron chi connectivity index (χ3n) is 6.40. The van der Waals surface area contributed by atoms with E-state index in [1.807, 2.05) is 32.0 Å². The Morgan fingerprint density at radius 2 is 1.56 bits per heavy atom. The van der Waals surface area contributed by atoms with Gasteiger partial charge in [0, 0.05) is 11.3 Å². The molecule has 1 aliphatic heterocycles. The molecule has 0 saturated heterocycles. The fourth-order valence-corrected chi connectivity index (χ4v) is 4.65. The molecule has 6 nitrogen and oxygen atoms in total. The van der Waals surface area contributed by atoms with Crippen molar-refractivity contribution in [2.24, 2.45) is 5.92 Å². The van der Waals surface area contributed by atoms with Crippen molar-refractivity contribution in [1.29, 1.82) is 0 Å². The topological polar surface area (TPSA) is 81.7 Å². The zero-order valence-corrected chi connectivity index (χ0v) is 18.6. The van der Waals surface area contributed by atoms with Gasteiger partial charge in [-0.3, -0.25) is 14.4 Å². The van der Waals surface area contributed by atoms with E-state index in [0.29, 0.717) is 17.0 Å². The first-order valence-corrected chi connectivity index (χ1v) is 11.3. The SMILES string of the molecule is Cc1cccc(C)c1NC(=O)[C@H]1c2ccccc2OC(=O)[C@H]1C(=O)OC1CCCCCC1. The minimum atomic E-state index is -1.34. The van der Waals surface area contributed by atoms with Crippen molar-refractivity contribution < 1.29 is 23.9 Å². The first kappa shape index (κ1) is 22.1. The number of carbonyl (C=O) groups excluding carboxylic acids is 3. The minimum absolute atomic E-state index is 0.225. The fourth-order valence-electron chi connectivity index (χ4n) is 4.65. The Morgan fingerprint density at radius 3 is 2.25 bits per heavy atom. The average Bonchev–Trinajstić information content (AvgIpc) is 3.03. The normalized spacial score (nSPS) is 21.1. The Balaban J connectivity index is 1.65. The van der Waals surface area contributed by atoms with Crippen molar-refractivity contribution in [2.75, 3.05) is 5.32 Å². The lowest BCUT2D eigenvalue weighted by Gasteiger charge is -2.31. The number of fused-ring (bicyclic) bond motifs is 1. The van der Waals surface area contributed by atoms with Crippen LogP contribution < -0.4 is 10.1 Å². The molecule has 1 heterocycles. The van der Waals surface area contributed by atoms with Crippen molar-refractivity contribution in [2.45, 2.75) is 64.4 Å². The summed E-state index contributed by atoms with van der Waals surface area (Å²) in [6, 6.07) is 12.6. The van der Waals surface area contributed by atoms with Crippen molar-refractivity contribution >= 4 is 23.5 Å². The highest BCUT2D eigenvalue weighted by Crippen LogP contribution is 2.40. The van der Waals surface area contributed by atoms with Gasteiger partial charge in [0.05, 0.1) is 5.92 Å². The van der Waals surface area contributed by atoms with E-state index in [0.717, 1.165) is 49.7 Å². The molecule has 2 aromatic carbocycles. The minimum Gasteiger partial charge on any atom is -0.462 e. The molecule has 6 heteroatoms. The quantitative estimate of drug-likeness (QED) is 0.322. The number of aryl methyl sites for hydroxylation is 2. The van der Waals surface area contributed by atoms with Crippen LogP contribution in [0.1, 0.15) is 61.1 Å². The average molecular weight is 436 g/mol. The van der Waals surface area contributed by atoms with Crippen LogP contribution in [-0.2, 0) is 19.1 Å². The summed E-state index contributed by atoms with van der Waals surface area (Å²) in [6.45, 7) is 3.81. The molecule has 1 amide bonds. The summed E-state index contributed by atoms with van der Waals surface area (Å²) in [5.41, 5.74) is 3.01. The number of nitrogens with one attached hydrogen (secondary N) is 1. The molecule has 0 spiro atoms. The predicted molar refractivity (Wildman–Crippen MR) is 120 cm³/mol. The predicted octanol–water partition coefficient (Wildman–Crippen LogP) is 4.83. The Labute approximate surface area is 188 Å². The Kier molecular flexibility index (Phi) is 6.58. The van der Waals surface area contributed by atoms with Gasteiger partial charge in [0.1, 0.15) is 11.9 Å². The van der Waals surface area contributed by atoms with E-state index in [9.17, 15) is 14.4 Å². The van der Waals surface area contributed by atoms with Crippen molar-refractivity contribution in [3.8, 4) is 5.75 Å². The summed E-state index contributed by atoms with van der Waals surface area (Å²) in [7, 11) is 0. The highest BCUT2D eigenvalue weighted by atomic mass is 16.6. The van der Waals surface area contributed by atoms with Gasteiger partial charge in [-0.25, -0.2) is 0 Å². The van der Waals surface area contributed by atoms with Gasteiger partial charge in [-0.05, 0) is 56.7 Å². The number of rotatable bonds is 4. The van der Waals surface area contributed by atoms with Gasteiger partial charge in [0.2, 0.25) is 5.91 Å². The molecule has 32 heavy (non-hydrogen) atoms. The van der Waals surface area contributed by atoms with Crippen LogP contribution in [0.2, 0.25) is 0 Å². The Morgan fingerprint density at radius 1 is 0.906 bits per heavy atom. The number of hydrogen-bond acceptors (Lipinski definition) is 5. The van der Waals surface area contributed by atoms with E-state index in [-0.39, 0.29) is 6.10 Å². The summed E-state index contributed by atoms with van der Waals surface area (Å²) in [4.78, 5) is 39.6. The third kappa shape index (κ3) is 4.54. The van der Waals surface area contributed by atoms with Crippen molar-refractivity contribution in [1.82, 2.24) is 0 Å². The summed E-state index contributed by atoms with van der Waals surface area (Å²) in [5, 5.41) is 2.95. The zero-order chi connectivity index (χ0) is 22.7. The number of ether oxygens (including phenoxy) is 2. The lowest BCUT2D eigenvalue weighted by atomic mass is 9.82. The fraction of sp³-hybridized carbons (Fsp3) is 0.423. The second kappa shape index (κ2) is 9.55. The molecule has 4 rings (SSSR count). The highest BCUT2D eigenvalue weighted by Gasteiger charge is 2.48. The van der Waals surface area contributed by atoms with Gasteiger partial charge >= 0.3 is 11.9 Å². The molecule has 0 radical (unpaired) electrons. The molecule has 2 aliphatic rings. The standard InChI is InChI=1S/C26H29NO5/c1-16-10-9-11-17(2)23(16)27-24(28)21-19-14-7-8-15-20(19)32-26(30)22(21)25(29)31-18-12-5-3-4-6-13-18/h7-11,14-15,18,21-22H,3-6,12-13H2,1-2H3,(H,27,28)/t21-,22+/m0/s1. The van der Waals surface area contributed by atoms with Gasteiger partial charge < -0.3 is 14.8 Å². The van der Waals surface area contributed by atoms with Crippen LogP contribution in [-0.4, -0.2) is 23.9 Å². The molecule has 0 unspecified atom stereocenters. The zero-order valence-electron chi connectivity index (χ0n) is 18.6.